The normalized spacial score (nSPS) is 15.9. The Morgan fingerprint density at radius 3 is 2.52 bits per heavy atom. The van der Waals surface area contributed by atoms with Crippen molar-refractivity contribution in [2.24, 2.45) is 0 Å². The van der Waals surface area contributed by atoms with Crippen molar-refractivity contribution in [3.8, 4) is 6.07 Å². The molecule has 0 unspecified atom stereocenters. The van der Waals surface area contributed by atoms with Gasteiger partial charge in [0, 0.05) is 0 Å². The number of nitrogens with zero attached hydrogens (tertiary/aromatic N) is 1. The van der Waals surface area contributed by atoms with Crippen LogP contribution in [0.15, 0.2) is 53.6 Å². The molecule has 27 heavy (non-hydrogen) atoms. The minimum atomic E-state index is -1.34. The predicted molar refractivity (Wildman–Crippen MR) is 109 cm³/mol. The predicted octanol–water partition coefficient (Wildman–Crippen LogP) is 4.68. The van der Waals surface area contributed by atoms with Gasteiger partial charge in [0.25, 0.3) is 0 Å². The van der Waals surface area contributed by atoms with E-state index in [0.717, 1.165) is 12.8 Å². The summed E-state index contributed by atoms with van der Waals surface area (Å²) in [7, 11) is 0. The lowest BCUT2D eigenvalue weighted by Gasteiger charge is -2.26. The number of aliphatic hydroxyl groups excluding tert-OH is 1. The third-order valence-electron chi connectivity index (χ3n) is 4.66. The Bertz CT molecular complexity index is 641. The first kappa shape index (κ1) is 23.1. The molecule has 0 aliphatic heterocycles. The first-order valence-electron chi connectivity index (χ1n) is 9.55. The van der Waals surface area contributed by atoms with Gasteiger partial charge in [-0.1, -0.05) is 53.6 Å². The lowest BCUT2D eigenvalue weighted by Crippen LogP contribution is -2.38. The molecule has 148 valence electrons. The van der Waals surface area contributed by atoms with Gasteiger partial charge in [-0.25, -0.2) is 0 Å². The van der Waals surface area contributed by atoms with Gasteiger partial charge in [-0.3, -0.25) is 0 Å². The van der Waals surface area contributed by atoms with Crippen molar-refractivity contribution < 1.29 is 14.9 Å². The quantitative estimate of drug-likeness (QED) is 0.413. The molecule has 2 atom stereocenters. The van der Waals surface area contributed by atoms with Crippen molar-refractivity contribution in [1.82, 2.24) is 0 Å². The van der Waals surface area contributed by atoms with Gasteiger partial charge in [-0.15, -0.1) is 0 Å². The Hall–Kier alpha value is -1.93. The van der Waals surface area contributed by atoms with Gasteiger partial charge >= 0.3 is 0 Å². The fourth-order valence-corrected chi connectivity index (χ4v) is 2.66. The summed E-state index contributed by atoms with van der Waals surface area (Å²) >= 11 is 0. The summed E-state index contributed by atoms with van der Waals surface area (Å²) in [4.78, 5) is 0. The van der Waals surface area contributed by atoms with Crippen LogP contribution < -0.4 is 0 Å². The molecule has 0 aliphatic rings. The number of rotatable bonds is 12. The van der Waals surface area contributed by atoms with Crippen LogP contribution in [0.5, 0.6) is 0 Å². The summed E-state index contributed by atoms with van der Waals surface area (Å²) in [5.74, 6) is 0. The van der Waals surface area contributed by atoms with E-state index in [9.17, 15) is 10.2 Å². The van der Waals surface area contributed by atoms with Crippen molar-refractivity contribution >= 4 is 0 Å². The molecule has 0 saturated carbocycles. The lowest BCUT2D eigenvalue weighted by atomic mass is 9.91. The smallest absolute Gasteiger partial charge is 0.101 e. The average Bonchev–Trinajstić information content (AvgIpc) is 2.64. The van der Waals surface area contributed by atoms with Crippen LogP contribution in [0.2, 0.25) is 0 Å². The zero-order chi connectivity index (χ0) is 20.1. The summed E-state index contributed by atoms with van der Waals surface area (Å²) in [5.41, 5.74) is 2.32. The zero-order valence-corrected chi connectivity index (χ0v) is 16.8. The van der Waals surface area contributed by atoms with Gasteiger partial charge in [0.1, 0.15) is 5.60 Å². The van der Waals surface area contributed by atoms with Gasteiger partial charge in [0.15, 0.2) is 0 Å². The molecule has 0 radical (unpaired) electrons. The van der Waals surface area contributed by atoms with Gasteiger partial charge in [-0.05, 0) is 52.0 Å². The molecule has 0 bridgehead atoms. The fourth-order valence-electron chi connectivity index (χ4n) is 2.66. The van der Waals surface area contributed by atoms with Crippen LogP contribution in [0, 0.1) is 11.3 Å². The molecule has 0 fully saturated rings. The Balaban J connectivity index is 2.24. The summed E-state index contributed by atoms with van der Waals surface area (Å²) in [6.45, 7) is 6.89. The molecule has 0 amide bonds. The second-order valence-electron chi connectivity index (χ2n) is 7.39. The SMILES string of the molecule is C/C(=C\COCc1ccccc1)CC/C=C(\C)CC[C@H](O)[C@](C)(O)CC#N. The molecule has 0 aliphatic carbocycles. The van der Waals surface area contributed by atoms with E-state index in [1.54, 1.807) is 0 Å². The maximum Gasteiger partial charge on any atom is 0.101 e. The highest BCUT2D eigenvalue weighted by Crippen LogP contribution is 2.20. The van der Waals surface area contributed by atoms with Crippen molar-refractivity contribution in [1.29, 1.82) is 5.26 Å². The maximum absolute atomic E-state index is 10.0. The van der Waals surface area contributed by atoms with Crippen LogP contribution >= 0.6 is 0 Å². The Labute approximate surface area is 163 Å². The average molecular weight is 372 g/mol. The molecule has 0 heterocycles. The van der Waals surface area contributed by atoms with Crippen LogP contribution in [0.25, 0.3) is 0 Å². The summed E-state index contributed by atoms with van der Waals surface area (Å²) in [6, 6.07) is 12.0. The summed E-state index contributed by atoms with van der Waals surface area (Å²) in [5, 5.41) is 28.7. The van der Waals surface area contributed by atoms with Gasteiger partial charge in [0.2, 0.25) is 0 Å². The van der Waals surface area contributed by atoms with Crippen molar-refractivity contribution in [2.45, 2.75) is 71.2 Å². The molecule has 1 aromatic carbocycles. The van der Waals surface area contributed by atoms with Crippen molar-refractivity contribution in [2.75, 3.05) is 6.61 Å². The van der Waals surface area contributed by atoms with Gasteiger partial charge in [-0.2, -0.15) is 5.26 Å². The van der Waals surface area contributed by atoms with Crippen LogP contribution in [-0.4, -0.2) is 28.5 Å². The second-order valence-corrected chi connectivity index (χ2v) is 7.39. The fraction of sp³-hybridized carbons (Fsp3) is 0.522. The van der Waals surface area contributed by atoms with E-state index >= 15 is 0 Å². The van der Waals surface area contributed by atoms with Crippen LogP contribution in [-0.2, 0) is 11.3 Å². The molecule has 4 nitrogen and oxygen atoms in total. The van der Waals surface area contributed by atoms with Crippen molar-refractivity contribution in [3.05, 3.63) is 59.2 Å². The number of ether oxygens (including phenoxy) is 1. The Morgan fingerprint density at radius 2 is 1.85 bits per heavy atom. The largest absolute Gasteiger partial charge is 0.390 e. The third-order valence-corrected chi connectivity index (χ3v) is 4.66. The van der Waals surface area contributed by atoms with Crippen LogP contribution in [0.1, 0.15) is 58.4 Å². The number of allylic oxidation sites excluding steroid dienone is 3. The molecular formula is C23H33NO3. The van der Waals surface area contributed by atoms with Crippen molar-refractivity contribution in [3.63, 3.8) is 0 Å². The first-order chi connectivity index (χ1) is 12.8. The van der Waals surface area contributed by atoms with E-state index in [2.05, 4.69) is 31.2 Å². The number of hydrogen-bond acceptors (Lipinski definition) is 4. The molecule has 4 heteroatoms. The third kappa shape index (κ3) is 10.1. The minimum absolute atomic E-state index is 0.0622. The molecule has 1 aromatic rings. The number of aliphatic hydroxyl groups is 2. The monoisotopic (exact) mass is 371 g/mol. The maximum atomic E-state index is 10.0. The molecule has 0 spiro atoms. The number of nitriles is 1. The number of hydrogen-bond donors (Lipinski definition) is 2. The first-order valence-corrected chi connectivity index (χ1v) is 9.55. The second kappa shape index (κ2) is 12.5. The van der Waals surface area contributed by atoms with E-state index in [1.807, 2.05) is 31.2 Å². The van der Waals surface area contributed by atoms with Gasteiger partial charge in [0.05, 0.1) is 31.8 Å². The zero-order valence-electron chi connectivity index (χ0n) is 16.8. The molecule has 1 rings (SSSR count). The van der Waals surface area contributed by atoms with E-state index in [0.29, 0.717) is 26.1 Å². The number of benzene rings is 1. The van der Waals surface area contributed by atoms with E-state index < -0.39 is 11.7 Å². The minimum Gasteiger partial charge on any atom is -0.390 e. The lowest BCUT2D eigenvalue weighted by molar-refractivity contribution is -0.0611. The standard InChI is InChI=1S/C23H33NO3/c1-19(12-13-22(25)23(3,26)15-16-24)8-7-9-20(2)14-17-27-18-21-10-5-4-6-11-21/h4-6,8,10-11,14,22,25-26H,7,9,12-13,15,17-18H2,1-3H3/b19-8+,20-14+/t22-,23+/m0/s1. The summed E-state index contributed by atoms with van der Waals surface area (Å²) < 4.78 is 5.67. The van der Waals surface area contributed by atoms with Crippen LogP contribution in [0.3, 0.4) is 0 Å². The molecule has 0 saturated heterocycles. The highest BCUT2D eigenvalue weighted by Gasteiger charge is 2.29. The topological polar surface area (TPSA) is 73.5 Å². The van der Waals surface area contributed by atoms with Crippen LogP contribution in [0.4, 0.5) is 0 Å². The highest BCUT2D eigenvalue weighted by atomic mass is 16.5. The van der Waals surface area contributed by atoms with Gasteiger partial charge < -0.3 is 14.9 Å². The Kier molecular flexibility index (Phi) is 10.7. The highest BCUT2D eigenvalue weighted by molar-refractivity contribution is 5.13. The molecule has 0 aromatic heterocycles. The molecule has 2 N–H and O–H groups in total. The van der Waals surface area contributed by atoms with E-state index in [4.69, 9.17) is 10.00 Å². The Morgan fingerprint density at radius 1 is 1.19 bits per heavy atom. The molecular weight excluding hydrogens is 338 g/mol. The van der Waals surface area contributed by atoms with E-state index in [-0.39, 0.29) is 6.42 Å². The summed E-state index contributed by atoms with van der Waals surface area (Å²) in [6.07, 6.45) is 6.43. The van der Waals surface area contributed by atoms with E-state index in [1.165, 1.54) is 23.6 Å².